The molecule has 4 aromatic rings. The number of amidine groups is 1. The second-order valence-corrected chi connectivity index (χ2v) is 13.1. The lowest BCUT2D eigenvalue weighted by Gasteiger charge is -2.30. The number of amides is 1. The highest BCUT2D eigenvalue weighted by Crippen LogP contribution is 2.36. The second kappa shape index (κ2) is 12.5. The summed E-state index contributed by atoms with van der Waals surface area (Å²) in [4.78, 5) is 43.4. The van der Waals surface area contributed by atoms with Crippen molar-refractivity contribution < 1.29 is 18.0 Å². The van der Waals surface area contributed by atoms with Crippen molar-refractivity contribution in [3.05, 3.63) is 126 Å². The highest BCUT2D eigenvalue weighted by atomic mass is 32.2. The van der Waals surface area contributed by atoms with E-state index in [0.717, 1.165) is 11.1 Å². The zero-order chi connectivity index (χ0) is 31.4. The lowest BCUT2D eigenvalue weighted by Crippen LogP contribution is -2.50. The summed E-state index contributed by atoms with van der Waals surface area (Å²) in [7, 11) is -3.79. The van der Waals surface area contributed by atoms with Crippen molar-refractivity contribution in [2.24, 2.45) is 4.99 Å². The molecule has 1 amide bonds. The van der Waals surface area contributed by atoms with E-state index in [4.69, 9.17) is 4.99 Å². The molecule has 0 bridgehead atoms. The molecule has 2 aliphatic rings. The number of pyridine rings is 2. The van der Waals surface area contributed by atoms with Crippen molar-refractivity contribution in [3.8, 4) is 6.07 Å². The number of Topliss-reactive ketones (excluding diaryl/α,β-unsaturated/α-hetero) is 1. The van der Waals surface area contributed by atoms with Crippen LogP contribution in [-0.4, -0.2) is 69.8 Å². The summed E-state index contributed by atoms with van der Waals surface area (Å²) in [6.07, 6.45) is 7.41. The van der Waals surface area contributed by atoms with E-state index in [0.29, 0.717) is 23.4 Å². The van der Waals surface area contributed by atoms with Crippen LogP contribution in [0.3, 0.4) is 0 Å². The van der Waals surface area contributed by atoms with Crippen LogP contribution in [0.1, 0.15) is 39.9 Å². The fourth-order valence-corrected chi connectivity index (χ4v) is 7.53. The Morgan fingerprint density at radius 3 is 2.07 bits per heavy atom. The van der Waals surface area contributed by atoms with E-state index < -0.39 is 21.6 Å². The molecule has 4 heterocycles. The zero-order valence-corrected chi connectivity index (χ0v) is 25.2. The predicted octanol–water partition coefficient (Wildman–Crippen LogP) is 3.85. The Labute approximate surface area is 261 Å². The Morgan fingerprint density at radius 2 is 1.49 bits per heavy atom. The summed E-state index contributed by atoms with van der Waals surface area (Å²) >= 11 is 0. The lowest BCUT2D eigenvalue weighted by molar-refractivity contribution is -0.132. The summed E-state index contributed by atoms with van der Waals surface area (Å²) in [5.74, 6) is -0.226. The number of aromatic nitrogens is 2. The minimum atomic E-state index is -3.79. The summed E-state index contributed by atoms with van der Waals surface area (Å²) in [6.45, 7) is 0.303. The first-order chi connectivity index (χ1) is 21.8. The van der Waals surface area contributed by atoms with Crippen LogP contribution in [0, 0.1) is 11.3 Å². The standard InChI is InChI=1S/C34H30N6O4S/c35-23-27-6-8-28(9-7-27)31(41)20-32-38-34(21-25-10-15-36-16-11-25,22-26-12-17-37-18-13-26)33(42)40(32)29-14-19-39(24-29)45(43,44)30-4-2-1-3-5-30/h1-13,15-18,29H,14,19-22,24H2. The third-order valence-corrected chi connectivity index (χ3v) is 10.1. The molecule has 0 spiro atoms. The summed E-state index contributed by atoms with van der Waals surface area (Å²) in [6, 6.07) is 23.5. The maximum absolute atomic E-state index is 14.7. The third-order valence-electron chi connectivity index (χ3n) is 8.26. The Kier molecular flexibility index (Phi) is 8.34. The van der Waals surface area contributed by atoms with E-state index in [2.05, 4.69) is 16.0 Å². The van der Waals surface area contributed by atoms with Crippen LogP contribution in [0.4, 0.5) is 0 Å². The molecule has 0 N–H and O–H groups in total. The van der Waals surface area contributed by atoms with Gasteiger partial charge in [0.05, 0.1) is 29.0 Å². The molecular formula is C34H30N6O4S. The van der Waals surface area contributed by atoms with Crippen LogP contribution in [0.2, 0.25) is 0 Å². The van der Waals surface area contributed by atoms with Crippen molar-refractivity contribution in [2.45, 2.75) is 42.2 Å². The van der Waals surface area contributed by atoms with Gasteiger partial charge in [0, 0.05) is 56.3 Å². The normalized spacial score (nSPS) is 18.0. The maximum Gasteiger partial charge on any atom is 0.256 e. The highest BCUT2D eigenvalue weighted by Gasteiger charge is 2.52. The number of ketones is 1. The van der Waals surface area contributed by atoms with Gasteiger partial charge in [-0.15, -0.1) is 0 Å². The minimum absolute atomic E-state index is 0.0770. The van der Waals surface area contributed by atoms with E-state index in [-0.39, 0.29) is 48.9 Å². The molecular weight excluding hydrogens is 588 g/mol. The summed E-state index contributed by atoms with van der Waals surface area (Å²) < 4.78 is 28.4. The molecule has 2 aromatic heterocycles. The van der Waals surface area contributed by atoms with Crippen molar-refractivity contribution in [1.82, 2.24) is 19.2 Å². The van der Waals surface area contributed by atoms with Gasteiger partial charge >= 0.3 is 0 Å². The Morgan fingerprint density at radius 1 is 0.889 bits per heavy atom. The van der Waals surface area contributed by atoms with E-state index >= 15 is 0 Å². The molecule has 0 radical (unpaired) electrons. The Bertz CT molecular complexity index is 1830. The van der Waals surface area contributed by atoms with Gasteiger partial charge in [-0.05, 0) is 66.1 Å². The molecule has 226 valence electrons. The first-order valence-electron chi connectivity index (χ1n) is 14.6. The van der Waals surface area contributed by atoms with Gasteiger partial charge in [-0.25, -0.2) is 8.42 Å². The first-order valence-corrected chi connectivity index (χ1v) is 16.0. The first kappa shape index (κ1) is 30.0. The molecule has 1 saturated heterocycles. The second-order valence-electron chi connectivity index (χ2n) is 11.2. The smallest absolute Gasteiger partial charge is 0.256 e. The molecule has 2 aromatic carbocycles. The minimum Gasteiger partial charge on any atom is -0.294 e. The van der Waals surface area contributed by atoms with Gasteiger partial charge in [-0.2, -0.15) is 9.57 Å². The van der Waals surface area contributed by atoms with Crippen LogP contribution < -0.4 is 0 Å². The molecule has 1 unspecified atom stereocenters. The van der Waals surface area contributed by atoms with Crippen LogP contribution in [0.15, 0.2) is 114 Å². The largest absolute Gasteiger partial charge is 0.294 e. The molecule has 0 aliphatic carbocycles. The van der Waals surface area contributed by atoms with E-state index in [1.54, 1.807) is 84.3 Å². The lowest BCUT2D eigenvalue weighted by atomic mass is 9.85. The molecule has 6 rings (SSSR count). The molecule has 1 atom stereocenters. The quantitative estimate of drug-likeness (QED) is 0.246. The molecule has 1 fully saturated rings. The van der Waals surface area contributed by atoms with Gasteiger partial charge in [0.1, 0.15) is 11.4 Å². The fourth-order valence-electron chi connectivity index (χ4n) is 6.02. The third kappa shape index (κ3) is 6.16. The Hall–Kier alpha value is -5.05. The van der Waals surface area contributed by atoms with Crippen LogP contribution in [0.5, 0.6) is 0 Å². The van der Waals surface area contributed by atoms with Crippen LogP contribution >= 0.6 is 0 Å². The van der Waals surface area contributed by atoms with Crippen molar-refractivity contribution in [3.63, 3.8) is 0 Å². The average molecular weight is 619 g/mol. The van der Waals surface area contributed by atoms with Crippen LogP contribution in [-0.2, 0) is 27.7 Å². The van der Waals surface area contributed by atoms with Gasteiger partial charge in [-0.1, -0.05) is 30.3 Å². The highest BCUT2D eigenvalue weighted by molar-refractivity contribution is 7.89. The molecule has 10 nitrogen and oxygen atoms in total. The zero-order valence-electron chi connectivity index (χ0n) is 24.4. The van der Waals surface area contributed by atoms with Gasteiger partial charge in [0.2, 0.25) is 10.0 Å². The summed E-state index contributed by atoms with van der Waals surface area (Å²) in [5, 5.41) is 9.18. The average Bonchev–Trinajstić information content (AvgIpc) is 3.65. The van der Waals surface area contributed by atoms with E-state index in [9.17, 15) is 23.3 Å². The van der Waals surface area contributed by atoms with E-state index in [1.165, 1.54) is 4.31 Å². The van der Waals surface area contributed by atoms with Gasteiger partial charge in [0.25, 0.3) is 5.91 Å². The Balaban J connectivity index is 1.38. The topological polar surface area (TPSA) is 137 Å². The molecule has 45 heavy (non-hydrogen) atoms. The van der Waals surface area contributed by atoms with Gasteiger partial charge in [-0.3, -0.25) is 29.4 Å². The molecule has 0 saturated carbocycles. The number of carbonyl (C=O) groups is 2. The number of rotatable bonds is 10. The number of carbonyl (C=O) groups excluding carboxylic acids is 2. The number of nitrogens with zero attached hydrogens (tertiary/aromatic N) is 6. The molecule has 2 aliphatic heterocycles. The number of hydrogen-bond acceptors (Lipinski definition) is 8. The predicted molar refractivity (Wildman–Crippen MR) is 167 cm³/mol. The van der Waals surface area contributed by atoms with Crippen molar-refractivity contribution in [1.29, 1.82) is 5.26 Å². The van der Waals surface area contributed by atoms with Gasteiger partial charge in [0.15, 0.2) is 5.78 Å². The van der Waals surface area contributed by atoms with E-state index in [1.807, 2.05) is 24.3 Å². The SMILES string of the molecule is N#Cc1ccc(C(=O)CC2=NC(Cc3ccncc3)(Cc3ccncc3)C(=O)N2C2CCN(S(=O)(=O)c3ccccc3)C2)cc1. The van der Waals surface area contributed by atoms with Gasteiger partial charge < -0.3 is 0 Å². The number of aliphatic imine (C=N–C) groups is 1. The van der Waals surface area contributed by atoms with Crippen molar-refractivity contribution in [2.75, 3.05) is 13.1 Å². The summed E-state index contributed by atoms with van der Waals surface area (Å²) in [5.41, 5.74) is 1.27. The maximum atomic E-state index is 14.7. The number of sulfonamides is 1. The molecule has 11 heteroatoms. The number of nitriles is 1. The number of hydrogen-bond donors (Lipinski definition) is 0. The fraction of sp³-hybridized carbons (Fsp3) is 0.235. The van der Waals surface area contributed by atoms with Crippen LogP contribution in [0.25, 0.3) is 0 Å². The monoisotopic (exact) mass is 618 g/mol. The number of benzene rings is 2. The van der Waals surface area contributed by atoms with Crippen molar-refractivity contribution >= 4 is 27.5 Å².